The number of esters is 1. The highest BCUT2D eigenvalue weighted by molar-refractivity contribution is 6.00. The van der Waals surface area contributed by atoms with Crippen LogP contribution in [0.15, 0.2) is 47.3 Å². The van der Waals surface area contributed by atoms with Crippen LogP contribution in [0.3, 0.4) is 0 Å². The van der Waals surface area contributed by atoms with E-state index in [9.17, 15) is 14.4 Å². The fraction of sp³-hybridized carbons (Fsp3) is 0.304. The molecule has 0 saturated heterocycles. The van der Waals surface area contributed by atoms with Gasteiger partial charge in [-0.3, -0.25) is 14.2 Å². The molecular formula is C23H22N2O4. The highest BCUT2D eigenvalue weighted by Gasteiger charge is 2.18. The first-order valence-corrected chi connectivity index (χ1v) is 9.89. The molecule has 0 unspecified atom stereocenters. The molecule has 6 heteroatoms. The number of hydrogen-bond acceptors (Lipinski definition) is 5. The topological polar surface area (TPSA) is 78.3 Å². The fourth-order valence-corrected chi connectivity index (χ4v) is 3.65. The van der Waals surface area contributed by atoms with E-state index in [1.54, 1.807) is 34.9 Å². The summed E-state index contributed by atoms with van der Waals surface area (Å²) in [4.78, 5) is 41.7. The van der Waals surface area contributed by atoms with Gasteiger partial charge in [0.25, 0.3) is 5.56 Å². The Balaban J connectivity index is 1.47. The Labute approximate surface area is 168 Å². The predicted molar refractivity (Wildman–Crippen MR) is 109 cm³/mol. The molecule has 1 aromatic heterocycles. The number of aryl methyl sites for hydroxylation is 2. The molecular weight excluding hydrogens is 368 g/mol. The maximum absolute atomic E-state index is 12.5. The van der Waals surface area contributed by atoms with Crippen LogP contribution in [0.5, 0.6) is 0 Å². The zero-order valence-electron chi connectivity index (χ0n) is 16.3. The van der Waals surface area contributed by atoms with Crippen molar-refractivity contribution < 1.29 is 14.3 Å². The summed E-state index contributed by atoms with van der Waals surface area (Å²) in [5.41, 5.74) is 2.37. The van der Waals surface area contributed by atoms with Crippen LogP contribution in [-0.4, -0.2) is 27.9 Å². The molecule has 4 rings (SSSR count). The van der Waals surface area contributed by atoms with Gasteiger partial charge < -0.3 is 4.74 Å². The second kappa shape index (κ2) is 7.99. The van der Waals surface area contributed by atoms with E-state index in [0.29, 0.717) is 23.0 Å². The molecule has 0 amide bonds. The molecule has 0 saturated carbocycles. The molecule has 148 valence electrons. The lowest BCUT2D eigenvalue weighted by Crippen LogP contribution is -2.21. The first-order valence-electron chi connectivity index (χ1n) is 9.89. The quantitative estimate of drug-likeness (QED) is 0.476. The molecule has 0 radical (unpaired) electrons. The molecule has 2 heterocycles. The molecule has 6 nitrogen and oxygen atoms in total. The molecule has 0 bridgehead atoms. The van der Waals surface area contributed by atoms with Crippen molar-refractivity contribution in [3.05, 3.63) is 75.3 Å². The van der Waals surface area contributed by atoms with Gasteiger partial charge in [0.1, 0.15) is 5.82 Å². The number of nitrogens with zero attached hydrogens (tertiary/aromatic N) is 2. The number of carbonyl (C=O) groups excluding carboxylic acids is 2. The molecule has 0 spiro atoms. The minimum absolute atomic E-state index is 0.0795. The maximum Gasteiger partial charge on any atom is 0.338 e. The van der Waals surface area contributed by atoms with Crippen LogP contribution < -0.4 is 5.56 Å². The van der Waals surface area contributed by atoms with E-state index in [0.717, 1.165) is 31.5 Å². The standard InChI is InChI=1S/C23H22N2O4/c1-2-4-15-6-8-16(9-7-15)20(26)14-29-23(28)17-10-11-18-19(13-17)24-21-5-3-12-25(21)22(18)27/h6-11,13H,2-5,12,14H2,1H3. The Morgan fingerprint density at radius 3 is 2.62 bits per heavy atom. The van der Waals surface area contributed by atoms with Gasteiger partial charge in [-0.05, 0) is 36.6 Å². The van der Waals surface area contributed by atoms with Gasteiger partial charge in [0.2, 0.25) is 0 Å². The number of carbonyl (C=O) groups is 2. The summed E-state index contributed by atoms with van der Waals surface area (Å²) < 4.78 is 6.88. The average molecular weight is 390 g/mol. The number of aromatic nitrogens is 2. The number of ether oxygens (including phenoxy) is 1. The fourth-order valence-electron chi connectivity index (χ4n) is 3.65. The van der Waals surface area contributed by atoms with Gasteiger partial charge in [-0.25, -0.2) is 9.78 Å². The zero-order chi connectivity index (χ0) is 20.4. The molecule has 29 heavy (non-hydrogen) atoms. The van der Waals surface area contributed by atoms with E-state index in [4.69, 9.17) is 4.74 Å². The van der Waals surface area contributed by atoms with Gasteiger partial charge >= 0.3 is 5.97 Å². The largest absolute Gasteiger partial charge is 0.454 e. The van der Waals surface area contributed by atoms with Gasteiger partial charge in [0.15, 0.2) is 12.4 Å². The summed E-state index contributed by atoms with van der Waals surface area (Å²) in [5.74, 6) is -0.114. The Morgan fingerprint density at radius 2 is 1.86 bits per heavy atom. The highest BCUT2D eigenvalue weighted by Crippen LogP contribution is 2.17. The molecule has 1 aliphatic heterocycles. The zero-order valence-corrected chi connectivity index (χ0v) is 16.3. The number of Topliss-reactive ketones (excluding diaryl/α,β-unsaturated/α-hetero) is 1. The van der Waals surface area contributed by atoms with Crippen LogP contribution in [0.1, 0.15) is 51.9 Å². The minimum atomic E-state index is -0.606. The Kier molecular flexibility index (Phi) is 5.25. The second-order valence-electron chi connectivity index (χ2n) is 7.27. The van der Waals surface area contributed by atoms with Crippen molar-refractivity contribution in [3.63, 3.8) is 0 Å². The van der Waals surface area contributed by atoms with E-state index in [-0.39, 0.29) is 23.5 Å². The first-order chi connectivity index (χ1) is 14.1. The van der Waals surface area contributed by atoms with Crippen molar-refractivity contribution in [2.24, 2.45) is 0 Å². The van der Waals surface area contributed by atoms with Crippen LogP contribution in [0.4, 0.5) is 0 Å². The summed E-state index contributed by atoms with van der Waals surface area (Å²) in [6.07, 6.45) is 3.66. The molecule has 0 N–H and O–H groups in total. The van der Waals surface area contributed by atoms with Gasteiger partial charge in [0, 0.05) is 18.5 Å². The predicted octanol–water partition coefficient (Wildman–Crippen LogP) is 3.33. The highest BCUT2D eigenvalue weighted by atomic mass is 16.5. The van der Waals surface area contributed by atoms with Crippen molar-refractivity contribution in [2.45, 2.75) is 39.2 Å². The molecule has 0 fully saturated rings. The van der Waals surface area contributed by atoms with E-state index in [1.165, 1.54) is 5.56 Å². The molecule has 1 aliphatic rings. The molecule has 0 atom stereocenters. The van der Waals surface area contributed by atoms with E-state index < -0.39 is 5.97 Å². The van der Waals surface area contributed by atoms with E-state index in [2.05, 4.69) is 11.9 Å². The minimum Gasteiger partial charge on any atom is -0.454 e. The Bertz CT molecular complexity index is 1150. The van der Waals surface area contributed by atoms with Gasteiger partial charge in [-0.15, -0.1) is 0 Å². The number of rotatable bonds is 6. The van der Waals surface area contributed by atoms with Crippen LogP contribution in [0, 0.1) is 0 Å². The third-order valence-corrected chi connectivity index (χ3v) is 5.20. The summed E-state index contributed by atoms with van der Waals surface area (Å²) >= 11 is 0. The SMILES string of the molecule is CCCc1ccc(C(=O)COC(=O)c2ccc3c(=O)n4c(nc3c2)CCC4)cc1. The number of fused-ring (bicyclic) bond motifs is 2. The van der Waals surface area contributed by atoms with Crippen LogP contribution in [-0.2, 0) is 24.1 Å². The lowest BCUT2D eigenvalue weighted by molar-refractivity contribution is 0.0475. The third kappa shape index (κ3) is 3.83. The van der Waals surface area contributed by atoms with Crippen molar-refractivity contribution >= 4 is 22.7 Å². The average Bonchev–Trinajstić information content (AvgIpc) is 3.21. The monoisotopic (exact) mass is 390 g/mol. The van der Waals surface area contributed by atoms with Crippen molar-refractivity contribution in [3.8, 4) is 0 Å². The van der Waals surface area contributed by atoms with Gasteiger partial charge in [0.05, 0.1) is 16.5 Å². The molecule has 0 aliphatic carbocycles. The summed E-state index contributed by atoms with van der Waals surface area (Å²) in [5, 5.41) is 0.482. The summed E-state index contributed by atoms with van der Waals surface area (Å²) in [7, 11) is 0. The molecule has 3 aromatic rings. The Hall–Kier alpha value is -3.28. The van der Waals surface area contributed by atoms with Crippen LogP contribution in [0.2, 0.25) is 0 Å². The Morgan fingerprint density at radius 1 is 1.10 bits per heavy atom. The normalized spacial score (nSPS) is 12.7. The lowest BCUT2D eigenvalue weighted by atomic mass is 10.1. The summed E-state index contributed by atoms with van der Waals surface area (Å²) in [6.45, 7) is 2.46. The second-order valence-corrected chi connectivity index (χ2v) is 7.27. The maximum atomic E-state index is 12.5. The van der Waals surface area contributed by atoms with Crippen molar-refractivity contribution in [1.82, 2.24) is 9.55 Å². The van der Waals surface area contributed by atoms with Crippen molar-refractivity contribution in [1.29, 1.82) is 0 Å². The third-order valence-electron chi connectivity index (χ3n) is 5.20. The molecule has 2 aromatic carbocycles. The van der Waals surface area contributed by atoms with Crippen LogP contribution in [0.25, 0.3) is 10.9 Å². The lowest BCUT2D eigenvalue weighted by Gasteiger charge is -2.08. The van der Waals surface area contributed by atoms with E-state index in [1.807, 2.05) is 12.1 Å². The van der Waals surface area contributed by atoms with Gasteiger partial charge in [-0.2, -0.15) is 0 Å². The number of hydrogen-bond donors (Lipinski definition) is 0. The van der Waals surface area contributed by atoms with Crippen molar-refractivity contribution in [2.75, 3.05) is 6.61 Å². The summed E-state index contributed by atoms with van der Waals surface area (Å²) in [6, 6.07) is 12.1. The van der Waals surface area contributed by atoms with Crippen LogP contribution >= 0.6 is 0 Å². The first kappa shape index (κ1) is 19.1. The number of ketones is 1. The van der Waals surface area contributed by atoms with E-state index >= 15 is 0 Å². The number of benzene rings is 2. The van der Waals surface area contributed by atoms with Gasteiger partial charge in [-0.1, -0.05) is 37.6 Å². The smallest absolute Gasteiger partial charge is 0.338 e.